The molecule has 0 radical (unpaired) electrons. The van der Waals surface area contributed by atoms with Crippen LogP contribution in [0.25, 0.3) is 0 Å². The van der Waals surface area contributed by atoms with Crippen molar-refractivity contribution in [3.8, 4) is 0 Å². The van der Waals surface area contributed by atoms with E-state index in [2.05, 4.69) is 22.9 Å². The Morgan fingerprint density at radius 3 is 2.70 bits per heavy atom. The summed E-state index contributed by atoms with van der Waals surface area (Å²) in [5.74, 6) is -0.241. The molecule has 3 atom stereocenters. The first-order valence-electron chi connectivity index (χ1n) is 7.87. The minimum atomic E-state index is -0.510. The van der Waals surface area contributed by atoms with Crippen LogP contribution in [0.3, 0.4) is 0 Å². The number of amides is 2. The molecule has 130 valence electrons. The molecule has 1 saturated heterocycles. The number of hydrogen-bond acceptors (Lipinski definition) is 4. The third-order valence-corrected chi connectivity index (χ3v) is 4.94. The van der Waals surface area contributed by atoms with Gasteiger partial charge in [0.2, 0.25) is 5.91 Å². The van der Waals surface area contributed by atoms with Crippen molar-refractivity contribution >= 4 is 35.6 Å². The zero-order chi connectivity index (χ0) is 16.1. The van der Waals surface area contributed by atoms with Crippen LogP contribution in [0.5, 0.6) is 0 Å². The van der Waals surface area contributed by atoms with Gasteiger partial charge in [-0.05, 0) is 43.7 Å². The zero-order valence-corrected chi connectivity index (χ0v) is 15.4. The lowest BCUT2D eigenvalue weighted by atomic mass is 9.97. The average Bonchev–Trinajstić information content (AvgIpc) is 3.00. The van der Waals surface area contributed by atoms with Gasteiger partial charge in [0.1, 0.15) is 6.04 Å². The van der Waals surface area contributed by atoms with E-state index in [4.69, 9.17) is 0 Å². The third-order valence-electron chi connectivity index (χ3n) is 4.07. The van der Waals surface area contributed by atoms with E-state index in [9.17, 15) is 9.59 Å². The van der Waals surface area contributed by atoms with Gasteiger partial charge >= 0.3 is 0 Å². The Morgan fingerprint density at radius 2 is 2.13 bits per heavy atom. The highest BCUT2D eigenvalue weighted by atomic mass is 35.5. The first-order chi connectivity index (χ1) is 10.5. The zero-order valence-electron chi connectivity index (χ0n) is 13.8. The van der Waals surface area contributed by atoms with Gasteiger partial charge < -0.3 is 16.0 Å². The summed E-state index contributed by atoms with van der Waals surface area (Å²) in [6.45, 7) is 6.97. The maximum absolute atomic E-state index is 12.6. The Bertz CT molecular complexity index is 507. The van der Waals surface area contributed by atoms with E-state index in [0.29, 0.717) is 4.88 Å². The van der Waals surface area contributed by atoms with E-state index >= 15 is 0 Å². The molecular formula is C16H26ClN3O2S. The molecule has 2 amide bonds. The number of nitrogens with one attached hydrogen (secondary N) is 3. The number of hydrogen-bond donors (Lipinski definition) is 3. The summed E-state index contributed by atoms with van der Waals surface area (Å²) >= 11 is 1.38. The van der Waals surface area contributed by atoms with Crippen molar-refractivity contribution < 1.29 is 9.59 Å². The van der Waals surface area contributed by atoms with Crippen LogP contribution in [-0.2, 0) is 4.79 Å². The average molecular weight is 360 g/mol. The highest BCUT2D eigenvalue weighted by Gasteiger charge is 2.29. The van der Waals surface area contributed by atoms with Crippen molar-refractivity contribution in [1.82, 2.24) is 16.0 Å². The van der Waals surface area contributed by atoms with Gasteiger partial charge in [0.15, 0.2) is 0 Å². The Hall–Kier alpha value is -1.11. The van der Waals surface area contributed by atoms with Crippen molar-refractivity contribution in [3.05, 3.63) is 22.4 Å². The Morgan fingerprint density at radius 1 is 1.39 bits per heavy atom. The number of halogens is 1. The van der Waals surface area contributed by atoms with E-state index in [1.54, 1.807) is 6.07 Å². The molecule has 0 spiro atoms. The van der Waals surface area contributed by atoms with Crippen LogP contribution in [0, 0.1) is 5.92 Å². The molecule has 7 heteroatoms. The highest BCUT2D eigenvalue weighted by molar-refractivity contribution is 7.12. The summed E-state index contributed by atoms with van der Waals surface area (Å²) in [4.78, 5) is 25.4. The van der Waals surface area contributed by atoms with Crippen LogP contribution in [0.15, 0.2) is 17.5 Å². The molecule has 1 aliphatic rings. The topological polar surface area (TPSA) is 70.2 Å². The Labute approximate surface area is 148 Å². The van der Waals surface area contributed by atoms with Gasteiger partial charge in [-0.2, -0.15) is 0 Å². The van der Waals surface area contributed by atoms with E-state index in [1.807, 2.05) is 25.3 Å². The minimum Gasteiger partial charge on any atom is -0.350 e. The number of carbonyl (C=O) groups is 2. The molecule has 0 bridgehead atoms. The molecule has 3 N–H and O–H groups in total. The smallest absolute Gasteiger partial charge is 0.262 e. The summed E-state index contributed by atoms with van der Waals surface area (Å²) in [6.07, 6.45) is 2.03. The monoisotopic (exact) mass is 359 g/mol. The van der Waals surface area contributed by atoms with Crippen LogP contribution in [0.1, 0.15) is 43.3 Å². The van der Waals surface area contributed by atoms with E-state index < -0.39 is 6.04 Å². The molecule has 1 aromatic rings. The first-order valence-corrected chi connectivity index (χ1v) is 8.75. The quantitative estimate of drug-likeness (QED) is 0.754. The van der Waals surface area contributed by atoms with Gasteiger partial charge in [0, 0.05) is 12.1 Å². The predicted molar refractivity (Wildman–Crippen MR) is 96.3 cm³/mol. The van der Waals surface area contributed by atoms with Crippen molar-refractivity contribution in [1.29, 1.82) is 0 Å². The van der Waals surface area contributed by atoms with Gasteiger partial charge in [-0.1, -0.05) is 19.9 Å². The molecule has 0 aromatic carbocycles. The van der Waals surface area contributed by atoms with Crippen molar-refractivity contribution in [2.45, 2.75) is 51.7 Å². The maximum atomic E-state index is 12.6. The fraction of sp³-hybridized carbons (Fsp3) is 0.625. The Balaban J connectivity index is 0.00000264. The van der Waals surface area contributed by atoms with Gasteiger partial charge in [-0.3, -0.25) is 9.59 Å². The van der Waals surface area contributed by atoms with Crippen molar-refractivity contribution in [3.63, 3.8) is 0 Å². The molecule has 2 heterocycles. The molecule has 0 aliphatic carbocycles. The first kappa shape index (κ1) is 19.9. The lowest BCUT2D eigenvalue weighted by Gasteiger charge is -2.32. The SMILES string of the molecule is CC(C)C(NC(=O)c1cccs1)C(=O)NC1CCCNC1C.Cl. The second kappa shape index (κ2) is 9.25. The molecule has 3 unspecified atom stereocenters. The molecule has 1 fully saturated rings. The second-order valence-electron chi connectivity index (χ2n) is 6.17. The Kier molecular flexibility index (Phi) is 8.02. The minimum absolute atomic E-state index is 0. The van der Waals surface area contributed by atoms with E-state index in [-0.39, 0.29) is 42.2 Å². The molecule has 0 saturated carbocycles. The summed E-state index contributed by atoms with van der Waals surface area (Å²) in [5.41, 5.74) is 0. The summed E-state index contributed by atoms with van der Waals surface area (Å²) < 4.78 is 0. The van der Waals surface area contributed by atoms with Crippen molar-refractivity contribution in [2.75, 3.05) is 6.54 Å². The van der Waals surface area contributed by atoms with Crippen LogP contribution in [0.4, 0.5) is 0 Å². The largest absolute Gasteiger partial charge is 0.350 e. The number of carbonyl (C=O) groups excluding carboxylic acids is 2. The van der Waals surface area contributed by atoms with Gasteiger partial charge in [0.25, 0.3) is 5.91 Å². The number of rotatable bonds is 5. The fourth-order valence-electron chi connectivity index (χ4n) is 2.67. The van der Waals surface area contributed by atoms with Gasteiger partial charge in [-0.25, -0.2) is 0 Å². The fourth-order valence-corrected chi connectivity index (χ4v) is 3.30. The van der Waals surface area contributed by atoms with Crippen molar-refractivity contribution in [2.24, 2.45) is 5.92 Å². The summed E-state index contributed by atoms with van der Waals surface area (Å²) in [5, 5.41) is 11.2. The van der Waals surface area contributed by atoms with Gasteiger partial charge in [0.05, 0.1) is 4.88 Å². The van der Waals surface area contributed by atoms with Crippen LogP contribution >= 0.6 is 23.7 Å². The lowest BCUT2D eigenvalue weighted by molar-refractivity contribution is -0.125. The predicted octanol–water partition coefficient (Wildman–Crippen LogP) is 2.18. The van der Waals surface area contributed by atoms with Crippen LogP contribution in [0.2, 0.25) is 0 Å². The standard InChI is InChI=1S/C16H25N3O2S.ClH/c1-10(2)14(19-15(20)13-7-5-9-22-13)16(21)18-12-6-4-8-17-11(12)3;/h5,7,9-12,14,17H,4,6,8H2,1-3H3,(H,18,21)(H,19,20);1H. The molecule has 23 heavy (non-hydrogen) atoms. The summed E-state index contributed by atoms with van der Waals surface area (Å²) in [6, 6.07) is 3.48. The van der Waals surface area contributed by atoms with E-state index in [1.165, 1.54) is 11.3 Å². The highest BCUT2D eigenvalue weighted by Crippen LogP contribution is 2.12. The van der Waals surface area contributed by atoms with Crippen LogP contribution < -0.4 is 16.0 Å². The third kappa shape index (κ3) is 5.48. The number of piperidine rings is 1. The number of thiophene rings is 1. The summed E-state index contributed by atoms with van der Waals surface area (Å²) in [7, 11) is 0. The molecule has 2 rings (SSSR count). The molecule has 1 aromatic heterocycles. The lowest BCUT2D eigenvalue weighted by Crippen LogP contribution is -2.57. The normalized spacial score (nSPS) is 22.1. The molecule has 1 aliphatic heterocycles. The second-order valence-corrected chi connectivity index (χ2v) is 7.12. The molecular weight excluding hydrogens is 334 g/mol. The van der Waals surface area contributed by atoms with Crippen LogP contribution in [-0.4, -0.2) is 36.5 Å². The van der Waals surface area contributed by atoms with Gasteiger partial charge in [-0.15, -0.1) is 23.7 Å². The molecule has 5 nitrogen and oxygen atoms in total. The van der Waals surface area contributed by atoms with E-state index in [0.717, 1.165) is 19.4 Å². The maximum Gasteiger partial charge on any atom is 0.262 e.